The van der Waals surface area contributed by atoms with Crippen LogP contribution in [0.2, 0.25) is 0 Å². The Labute approximate surface area is 576 Å². The van der Waals surface area contributed by atoms with Gasteiger partial charge in [0.2, 0.25) is 0 Å². The van der Waals surface area contributed by atoms with Gasteiger partial charge in [-0.25, -0.2) is 0 Å². The highest BCUT2D eigenvalue weighted by Gasteiger charge is 2.22. The minimum atomic E-state index is -4.67. The number of quaternary nitrogens is 1. The summed E-state index contributed by atoms with van der Waals surface area (Å²) in [5.41, 5.74) is 0. The molecule has 94 heavy (non-hydrogen) atoms. The predicted molar refractivity (Wildman–Crippen MR) is 405 cm³/mol. The topological polar surface area (TPSA) is 111 Å². The molecule has 0 aromatic heterocycles. The fraction of sp³-hybridized carbons (Fsp3) is 0.571. The van der Waals surface area contributed by atoms with Crippen LogP contribution in [-0.2, 0) is 32.7 Å². The van der Waals surface area contributed by atoms with E-state index in [4.69, 9.17) is 18.5 Å². The van der Waals surface area contributed by atoms with Gasteiger partial charge in [-0.3, -0.25) is 14.2 Å². The molecule has 0 heterocycles. The van der Waals surface area contributed by atoms with Crippen molar-refractivity contribution in [2.75, 3.05) is 47.5 Å². The number of rotatable bonds is 65. The Morgan fingerprint density at radius 2 is 0.574 bits per heavy atom. The summed E-state index contributed by atoms with van der Waals surface area (Å²) < 4.78 is 34.3. The number of phosphoric acid groups is 1. The van der Waals surface area contributed by atoms with E-state index in [9.17, 15) is 19.0 Å². The van der Waals surface area contributed by atoms with Gasteiger partial charge in [0.25, 0.3) is 7.82 Å². The third kappa shape index (κ3) is 75.6. The summed E-state index contributed by atoms with van der Waals surface area (Å²) >= 11 is 0. The molecule has 9 nitrogen and oxygen atoms in total. The quantitative estimate of drug-likeness (QED) is 0.0195. The normalized spacial score (nSPS) is 14.3. The molecule has 0 rings (SSSR count). The van der Waals surface area contributed by atoms with Crippen LogP contribution in [0.15, 0.2) is 207 Å². The maximum atomic E-state index is 12.9. The molecule has 0 aliphatic rings. The van der Waals surface area contributed by atoms with Crippen LogP contribution in [0.4, 0.5) is 0 Å². The smallest absolute Gasteiger partial charge is 0.306 e. The average molecular weight is 1320 g/mol. The molecule has 528 valence electrons. The molecule has 0 aromatic carbocycles. The number of phosphoric ester groups is 1. The minimum Gasteiger partial charge on any atom is -0.756 e. The Hall–Kier alpha value is -5.41. The predicted octanol–water partition coefficient (Wildman–Crippen LogP) is 24.0. The van der Waals surface area contributed by atoms with Crippen LogP contribution in [0.5, 0.6) is 0 Å². The van der Waals surface area contributed by atoms with Gasteiger partial charge < -0.3 is 27.9 Å². The number of nitrogens with zero attached hydrogens (tertiary/aromatic N) is 1. The van der Waals surface area contributed by atoms with Crippen LogP contribution in [0.25, 0.3) is 0 Å². The second-order valence-corrected chi connectivity index (χ2v) is 26.2. The van der Waals surface area contributed by atoms with Crippen LogP contribution < -0.4 is 4.89 Å². The molecule has 2 atom stereocenters. The number of unbranched alkanes of at least 4 members (excludes halogenated alkanes) is 17. The molecule has 0 amide bonds. The lowest BCUT2D eigenvalue weighted by Gasteiger charge is -2.28. The molecule has 0 aromatic rings. The first kappa shape index (κ1) is 88.6. The molecular weight excluding hydrogens is 1180 g/mol. The molecule has 2 unspecified atom stereocenters. The first-order valence-corrected chi connectivity index (χ1v) is 38.3. The maximum Gasteiger partial charge on any atom is 0.306 e. The van der Waals surface area contributed by atoms with Gasteiger partial charge in [0.15, 0.2) is 6.10 Å². The van der Waals surface area contributed by atoms with Gasteiger partial charge in [0.1, 0.15) is 19.8 Å². The Balaban J connectivity index is 4.16. The highest BCUT2D eigenvalue weighted by molar-refractivity contribution is 7.45. The second-order valence-electron chi connectivity index (χ2n) is 24.8. The molecule has 0 aliphatic carbocycles. The Kier molecular flexibility index (Phi) is 67.7. The SMILES string of the molecule is CC/C=C\C/C=C\C/C=C\C/C=C\C/C=C\C/C=C\C/C=C\C/C=C\C/C=C\C/C=C\CCCCC(=O)OC(COC(=O)CCCCCCCCCCCCCCCCC/C=C\C/C=C\C/C=C\C/C=C\C/C=C\C/C=C\C/C=C\CC)COP(=O)([O-])OCC[N+](C)(C)C. The van der Waals surface area contributed by atoms with Gasteiger partial charge in [-0.15, -0.1) is 0 Å². The van der Waals surface area contributed by atoms with Crippen molar-refractivity contribution in [2.45, 2.75) is 264 Å². The highest BCUT2D eigenvalue weighted by atomic mass is 31.2. The highest BCUT2D eigenvalue weighted by Crippen LogP contribution is 2.38. The van der Waals surface area contributed by atoms with E-state index in [1.807, 2.05) is 21.1 Å². The standard InChI is InChI=1S/C84H134NO8P/c1-6-8-10-12-14-16-18-20-22-24-26-28-30-32-34-36-38-40-41-42-43-45-46-48-50-52-54-56-58-60-62-64-66-68-70-72-74-76-83(86)90-80-82(81-92-94(88,89)91-79-78-85(3,4)5)93-84(87)77-75-73-71-69-67-65-63-61-59-57-55-53-51-49-47-44-39-37-35-33-31-29-27-25-23-21-19-17-15-13-11-9-7-2/h8-11,14-17,20-23,26-29,32-35,38-40,42-44,49,51,55,57,61,63,67,69,82H,6-7,12-13,18-19,24-25,30-31,36-37,41,45-48,50,52-54,56,58-60,62,64-66,68,70-81H2,1-5H3/b10-8-,11-9-,16-14-,17-15-,22-20-,23-21-,28-26-,29-27-,34-32-,35-33-,40-38-,43-42-,44-39-,51-49-,57-55-,63-61-,69-67-. The number of allylic oxidation sites excluding steroid dienone is 34. The summed E-state index contributed by atoms with van der Waals surface area (Å²) in [6.07, 6.45) is 113. The molecule has 10 heteroatoms. The van der Waals surface area contributed by atoms with Crippen molar-refractivity contribution < 1.29 is 42.1 Å². The fourth-order valence-electron chi connectivity index (χ4n) is 9.25. The third-order valence-electron chi connectivity index (χ3n) is 14.8. The van der Waals surface area contributed by atoms with Crippen LogP contribution in [-0.4, -0.2) is 70.0 Å². The number of carbonyl (C=O) groups excluding carboxylic acids is 2. The van der Waals surface area contributed by atoms with Crippen molar-refractivity contribution in [3.05, 3.63) is 207 Å². The van der Waals surface area contributed by atoms with Gasteiger partial charge in [0, 0.05) is 12.8 Å². The van der Waals surface area contributed by atoms with Crippen LogP contribution >= 0.6 is 7.82 Å². The average Bonchev–Trinajstić information content (AvgIpc) is 1.56. The van der Waals surface area contributed by atoms with Crippen molar-refractivity contribution in [1.82, 2.24) is 0 Å². The van der Waals surface area contributed by atoms with E-state index in [2.05, 4.69) is 220 Å². The van der Waals surface area contributed by atoms with Crippen molar-refractivity contribution >= 4 is 19.8 Å². The molecule has 0 aliphatic heterocycles. The Morgan fingerprint density at radius 3 is 0.872 bits per heavy atom. The van der Waals surface area contributed by atoms with E-state index < -0.39 is 32.5 Å². The first-order valence-electron chi connectivity index (χ1n) is 36.8. The lowest BCUT2D eigenvalue weighted by atomic mass is 10.0. The molecule has 0 bridgehead atoms. The van der Waals surface area contributed by atoms with Crippen LogP contribution in [0, 0.1) is 0 Å². The molecular formula is C84H134NO8P. The zero-order valence-electron chi connectivity index (χ0n) is 60.1. The number of carbonyl (C=O) groups is 2. The lowest BCUT2D eigenvalue weighted by Crippen LogP contribution is -2.37. The van der Waals surface area contributed by atoms with E-state index >= 15 is 0 Å². The number of hydrogen-bond donors (Lipinski definition) is 0. The van der Waals surface area contributed by atoms with Crippen molar-refractivity contribution in [3.8, 4) is 0 Å². The van der Waals surface area contributed by atoms with E-state index in [1.165, 1.54) is 77.0 Å². The zero-order valence-corrected chi connectivity index (χ0v) is 61.0. The summed E-state index contributed by atoms with van der Waals surface area (Å²) in [6, 6.07) is 0. The number of ether oxygens (including phenoxy) is 2. The van der Waals surface area contributed by atoms with Crippen LogP contribution in [0.3, 0.4) is 0 Å². The third-order valence-corrected chi connectivity index (χ3v) is 15.8. The van der Waals surface area contributed by atoms with Crippen molar-refractivity contribution in [2.24, 2.45) is 0 Å². The van der Waals surface area contributed by atoms with E-state index in [1.54, 1.807) is 0 Å². The maximum absolute atomic E-state index is 12.9. The second kappa shape index (κ2) is 71.9. The molecule has 0 radical (unpaired) electrons. The van der Waals surface area contributed by atoms with Gasteiger partial charge in [-0.05, 0) is 148 Å². The van der Waals surface area contributed by atoms with E-state index in [-0.39, 0.29) is 26.1 Å². The molecule has 0 N–H and O–H groups in total. The van der Waals surface area contributed by atoms with Crippen molar-refractivity contribution in [1.29, 1.82) is 0 Å². The zero-order chi connectivity index (χ0) is 68.3. The minimum absolute atomic E-state index is 0.0500. The Morgan fingerprint density at radius 1 is 0.330 bits per heavy atom. The number of esters is 2. The largest absolute Gasteiger partial charge is 0.756 e. The molecule has 0 spiro atoms. The summed E-state index contributed by atoms with van der Waals surface area (Å²) in [6.45, 7) is 3.94. The summed E-state index contributed by atoms with van der Waals surface area (Å²) in [5, 5.41) is 0. The summed E-state index contributed by atoms with van der Waals surface area (Å²) in [7, 11) is 1.11. The summed E-state index contributed by atoms with van der Waals surface area (Å²) in [4.78, 5) is 38.1. The molecule has 0 saturated heterocycles. The Bertz CT molecular complexity index is 2340. The van der Waals surface area contributed by atoms with Gasteiger partial charge in [0.05, 0.1) is 27.7 Å². The van der Waals surface area contributed by atoms with Crippen molar-refractivity contribution in [3.63, 3.8) is 0 Å². The molecule has 0 fully saturated rings. The van der Waals surface area contributed by atoms with Gasteiger partial charge in [-0.2, -0.15) is 0 Å². The van der Waals surface area contributed by atoms with Crippen LogP contribution in [0.1, 0.15) is 258 Å². The number of likely N-dealkylation sites (N-methyl/N-ethyl adjacent to an activating group) is 1. The fourth-order valence-corrected chi connectivity index (χ4v) is 9.98. The first-order chi connectivity index (χ1) is 46.0. The van der Waals surface area contributed by atoms with Gasteiger partial charge >= 0.3 is 11.9 Å². The van der Waals surface area contributed by atoms with Gasteiger partial charge in [-0.1, -0.05) is 304 Å². The lowest BCUT2D eigenvalue weighted by molar-refractivity contribution is -0.870. The monoisotopic (exact) mass is 1320 g/mol. The number of hydrogen-bond acceptors (Lipinski definition) is 8. The van der Waals surface area contributed by atoms with E-state index in [0.29, 0.717) is 23.9 Å². The van der Waals surface area contributed by atoms with E-state index in [0.717, 1.165) is 141 Å². The molecule has 0 saturated carbocycles. The summed E-state index contributed by atoms with van der Waals surface area (Å²) in [5.74, 6) is -0.896.